The first kappa shape index (κ1) is 15.0. The first-order valence-electron chi connectivity index (χ1n) is 4.67. The third-order valence-electron chi connectivity index (χ3n) is 1.82. The number of aliphatic hydroxyl groups excluding tert-OH is 1. The van der Waals surface area contributed by atoms with E-state index < -0.39 is 17.8 Å². The van der Waals surface area contributed by atoms with Gasteiger partial charge in [-0.2, -0.15) is 0 Å². The van der Waals surface area contributed by atoms with E-state index in [0.717, 1.165) is 0 Å². The maximum atomic E-state index is 11.1. The summed E-state index contributed by atoms with van der Waals surface area (Å²) in [5.74, 6) is -1.83. The number of hydrogen-bond donors (Lipinski definition) is 1. The molecule has 0 aliphatic carbocycles. The van der Waals surface area contributed by atoms with Crippen molar-refractivity contribution in [1.82, 2.24) is 5.06 Å². The predicted octanol–water partition coefficient (Wildman–Crippen LogP) is -0.653. The van der Waals surface area contributed by atoms with Crippen LogP contribution in [0.15, 0.2) is 12.2 Å². The molecule has 0 aromatic rings. The van der Waals surface area contributed by atoms with Crippen LogP contribution in [-0.4, -0.2) is 41.3 Å². The standard InChI is InChI=1S/C9H11NO5.CH2O/c1-6(5-11)4-9(14)15-10-7(12)2-3-8(10)13;1-2/h11H,1-5H2;1H2. The SMILES string of the molecule is C=C(CO)CC(=O)ON1C(=O)CCC1=O.C=O. The number of aliphatic hydroxyl groups is 1. The van der Waals surface area contributed by atoms with E-state index in [1.165, 1.54) is 0 Å². The van der Waals surface area contributed by atoms with Crippen LogP contribution in [0.2, 0.25) is 0 Å². The number of hydrogen-bond acceptors (Lipinski definition) is 6. The zero-order valence-corrected chi connectivity index (χ0v) is 9.18. The highest BCUT2D eigenvalue weighted by Gasteiger charge is 2.32. The van der Waals surface area contributed by atoms with Crippen LogP contribution >= 0.6 is 0 Å². The quantitative estimate of drug-likeness (QED) is 0.520. The highest BCUT2D eigenvalue weighted by atomic mass is 16.7. The van der Waals surface area contributed by atoms with E-state index in [2.05, 4.69) is 11.4 Å². The maximum absolute atomic E-state index is 11.1. The summed E-state index contributed by atoms with van der Waals surface area (Å²) in [6, 6.07) is 0. The fourth-order valence-corrected chi connectivity index (χ4v) is 1.05. The van der Waals surface area contributed by atoms with E-state index in [1.807, 2.05) is 6.79 Å². The summed E-state index contributed by atoms with van der Waals surface area (Å²) in [7, 11) is 0. The van der Waals surface area contributed by atoms with Gasteiger partial charge in [-0.05, 0) is 5.57 Å². The van der Waals surface area contributed by atoms with Crippen LogP contribution in [-0.2, 0) is 24.0 Å². The van der Waals surface area contributed by atoms with E-state index in [1.54, 1.807) is 0 Å². The molecule has 0 bridgehead atoms. The predicted molar refractivity (Wildman–Crippen MR) is 55.1 cm³/mol. The molecule has 0 atom stereocenters. The number of imide groups is 1. The molecule has 0 unspecified atom stereocenters. The Bertz CT molecular complexity index is 322. The molecule has 0 saturated carbocycles. The molecule has 0 aromatic heterocycles. The van der Waals surface area contributed by atoms with Gasteiger partial charge in [-0.1, -0.05) is 6.58 Å². The van der Waals surface area contributed by atoms with Crippen molar-refractivity contribution in [2.24, 2.45) is 0 Å². The minimum atomic E-state index is -0.780. The van der Waals surface area contributed by atoms with Crippen LogP contribution in [0.5, 0.6) is 0 Å². The summed E-state index contributed by atoms with van der Waals surface area (Å²) in [4.78, 5) is 45.7. The third kappa shape index (κ3) is 4.56. The number of carbonyl (C=O) groups excluding carboxylic acids is 4. The van der Waals surface area contributed by atoms with Gasteiger partial charge in [-0.25, -0.2) is 4.79 Å². The molecule has 1 N–H and O–H groups in total. The van der Waals surface area contributed by atoms with Crippen LogP contribution in [0.1, 0.15) is 19.3 Å². The molecule has 0 aromatic carbocycles. The third-order valence-corrected chi connectivity index (χ3v) is 1.82. The van der Waals surface area contributed by atoms with Crippen molar-refractivity contribution in [3.05, 3.63) is 12.2 Å². The number of amides is 2. The van der Waals surface area contributed by atoms with Gasteiger partial charge in [0, 0.05) is 12.8 Å². The Hall–Kier alpha value is -2.02. The molecular weight excluding hydrogens is 230 g/mol. The Kier molecular flexibility index (Phi) is 6.42. The number of rotatable bonds is 4. The van der Waals surface area contributed by atoms with Gasteiger partial charge < -0.3 is 14.7 Å². The van der Waals surface area contributed by atoms with Crippen molar-refractivity contribution < 1.29 is 29.1 Å². The van der Waals surface area contributed by atoms with Crippen LogP contribution < -0.4 is 0 Å². The molecule has 7 heteroatoms. The number of carbonyl (C=O) groups is 4. The van der Waals surface area contributed by atoms with Crippen LogP contribution in [0.25, 0.3) is 0 Å². The molecule has 94 valence electrons. The molecular formula is C10H13NO6. The van der Waals surface area contributed by atoms with Gasteiger partial charge in [-0.15, -0.1) is 5.06 Å². The first-order valence-corrected chi connectivity index (χ1v) is 4.67. The van der Waals surface area contributed by atoms with Gasteiger partial charge in [0.05, 0.1) is 13.0 Å². The maximum Gasteiger partial charge on any atom is 0.337 e. The van der Waals surface area contributed by atoms with E-state index >= 15 is 0 Å². The minimum Gasteiger partial charge on any atom is -0.392 e. The lowest BCUT2D eigenvalue weighted by molar-refractivity contribution is -0.197. The lowest BCUT2D eigenvalue weighted by Gasteiger charge is -2.12. The second kappa shape index (κ2) is 7.29. The fraction of sp³-hybridized carbons (Fsp3) is 0.400. The van der Waals surface area contributed by atoms with Gasteiger partial charge in [0.1, 0.15) is 6.79 Å². The topological polar surface area (TPSA) is 101 Å². The molecule has 1 aliphatic heterocycles. The zero-order valence-electron chi connectivity index (χ0n) is 9.18. The summed E-state index contributed by atoms with van der Waals surface area (Å²) in [6.45, 7) is 5.05. The number of hydroxylamine groups is 2. The average Bonchev–Trinajstić information content (AvgIpc) is 2.63. The smallest absolute Gasteiger partial charge is 0.337 e. The number of nitrogens with zero attached hydrogens (tertiary/aromatic N) is 1. The monoisotopic (exact) mass is 243 g/mol. The molecule has 1 aliphatic rings. The molecule has 1 rings (SSSR count). The van der Waals surface area contributed by atoms with E-state index in [0.29, 0.717) is 5.06 Å². The van der Waals surface area contributed by atoms with Crippen LogP contribution in [0.3, 0.4) is 0 Å². The van der Waals surface area contributed by atoms with Crippen molar-refractivity contribution >= 4 is 24.6 Å². The Morgan fingerprint density at radius 2 is 1.76 bits per heavy atom. The molecule has 1 saturated heterocycles. The summed E-state index contributed by atoms with van der Waals surface area (Å²) in [5, 5.41) is 9.06. The van der Waals surface area contributed by atoms with Crippen LogP contribution in [0.4, 0.5) is 0 Å². The Labute approximate surface area is 97.6 Å². The second-order valence-corrected chi connectivity index (χ2v) is 3.13. The van der Waals surface area contributed by atoms with E-state index in [9.17, 15) is 14.4 Å². The molecule has 1 heterocycles. The van der Waals surface area contributed by atoms with Crippen molar-refractivity contribution in [3.8, 4) is 0 Å². The lowest BCUT2D eigenvalue weighted by atomic mass is 10.2. The molecule has 7 nitrogen and oxygen atoms in total. The first-order chi connectivity index (χ1) is 8.04. The van der Waals surface area contributed by atoms with E-state index in [4.69, 9.17) is 9.90 Å². The van der Waals surface area contributed by atoms with Crippen molar-refractivity contribution in [2.75, 3.05) is 6.61 Å². The van der Waals surface area contributed by atoms with E-state index in [-0.39, 0.29) is 31.4 Å². The summed E-state index contributed by atoms with van der Waals surface area (Å²) >= 11 is 0. The highest BCUT2D eigenvalue weighted by Crippen LogP contribution is 2.13. The van der Waals surface area contributed by atoms with Gasteiger partial charge in [0.25, 0.3) is 11.8 Å². The Balaban J connectivity index is 0.00000121. The summed E-state index contributed by atoms with van der Waals surface area (Å²) < 4.78 is 0. The normalized spacial score (nSPS) is 14.1. The van der Waals surface area contributed by atoms with Gasteiger partial charge in [0.2, 0.25) is 0 Å². The minimum absolute atomic E-state index is 0.0626. The summed E-state index contributed by atoms with van der Waals surface area (Å²) in [6.07, 6.45) is -0.0896. The van der Waals surface area contributed by atoms with Gasteiger partial charge in [0.15, 0.2) is 0 Å². The van der Waals surface area contributed by atoms with Crippen molar-refractivity contribution in [2.45, 2.75) is 19.3 Å². The Morgan fingerprint density at radius 1 is 1.29 bits per heavy atom. The largest absolute Gasteiger partial charge is 0.392 e. The zero-order chi connectivity index (χ0) is 13.4. The summed E-state index contributed by atoms with van der Waals surface area (Å²) in [5.41, 5.74) is 0.263. The average molecular weight is 243 g/mol. The highest BCUT2D eigenvalue weighted by molar-refractivity contribution is 6.01. The molecule has 1 fully saturated rings. The lowest BCUT2D eigenvalue weighted by Crippen LogP contribution is -2.32. The van der Waals surface area contributed by atoms with Gasteiger partial charge >= 0.3 is 5.97 Å². The Morgan fingerprint density at radius 3 is 2.18 bits per heavy atom. The molecule has 0 spiro atoms. The van der Waals surface area contributed by atoms with Crippen LogP contribution in [0, 0.1) is 0 Å². The second-order valence-electron chi connectivity index (χ2n) is 3.13. The molecule has 0 radical (unpaired) electrons. The van der Waals surface area contributed by atoms with Crippen molar-refractivity contribution in [3.63, 3.8) is 0 Å². The fourth-order valence-electron chi connectivity index (χ4n) is 1.05. The van der Waals surface area contributed by atoms with Crippen molar-refractivity contribution in [1.29, 1.82) is 0 Å². The van der Waals surface area contributed by atoms with Gasteiger partial charge in [-0.3, -0.25) is 9.59 Å². The molecule has 2 amide bonds. The molecule has 17 heavy (non-hydrogen) atoms.